The highest BCUT2D eigenvalue weighted by Gasteiger charge is 2.33. The van der Waals surface area contributed by atoms with Crippen molar-refractivity contribution in [2.24, 2.45) is 5.41 Å². The topological polar surface area (TPSA) is 78.8 Å². The average Bonchev–Trinajstić information content (AvgIpc) is 2.54. The van der Waals surface area contributed by atoms with Crippen LogP contribution in [-0.2, 0) is 4.79 Å². The maximum Gasteiger partial charge on any atom is 0.253 e. The summed E-state index contributed by atoms with van der Waals surface area (Å²) in [5, 5.41) is 22.2. The molecular weight excluding hydrogens is 306 g/mol. The molecule has 1 atom stereocenters. The molecule has 5 nitrogen and oxygen atoms in total. The van der Waals surface area contributed by atoms with E-state index in [-0.39, 0.29) is 6.61 Å². The normalized spacial score (nSPS) is 12.8. The zero-order chi connectivity index (χ0) is 18.3. The fourth-order valence-electron chi connectivity index (χ4n) is 2.38. The molecule has 0 heterocycles. The highest BCUT2D eigenvalue weighted by Crippen LogP contribution is 2.28. The van der Waals surface area contributed by atoms with Crippen molar-refractivity contribution in [3.8, 4) is 5.75 Å². The van der Waals surface area contributed by atoms with Gasteiger partial charge in [0.25, 0.3) is 5.91 Å². The number of rotatable bonds is 9. The van der Waals surface area contributed by atoms with Crippen LogP contribution in [0.2, 0.25) is 0 Å². The van der Waals surface area contributed by atoms with Gasteiger partial charge in [0.05, 0.1) is 13.2 Å². The van der Waals surface area contributed by atoms with Gasteiger partial charge in [-0.3, -0.25) is 4.79 Å². The lowest BCUT2D eigenvalue weighted by Gasteiger charge is -2.27. The third-order valence-corrected chi connectivity index (χ3v) is 4.17. The number of unbranched alkanes of at least 4 members (excludes halogenated alkanes) is 2. The summed E-state index contributed by atoms with van der Waals surface area (Å²) in [6.07, 6.45) is 2.03. The van der Waals surface area contributed by atoms with Crippen molar-refractivity contribution < 1.29 is 19.7 Å². The molecule has 0 bridgehead atoms. The monoisotopic (exact) mass is 337 g/mol. The van der Waals surface area contributed by atoms with E-state index in [1.54, 1.807) is 13.8 Å². The molecule has 0 fully saturated rings. The maximum atomic E-state index is 12.2. The SMILES string of the molecule is CCCCCOc1cc(C)c(NC(=O)C(O)C(C)(C)CO)c(C)c1. The molecule has 5 heteroatoms. The Kier molecular flexibility index (Phi) is 7.70. The van der Waals surface area contributed by atoms with E-state index in [9.17, 15) is 15.0 Å². The number of amides is 1. The first-order valence-electron chi connectivity index (χ1n) is 8.56. The Bertz CT molecular complexity index is 531. The van der Waals surface area contributed by atoms with Crippen molar-refractivity contribution in [1.29, 1.82) is 0 Å². The molecule has 24 heavy (non-hydrogen) atoms. The molecule has 0 aliphatic carbocycles. The van der Waals surface area contributed by atoms with E-state index in [2.05, 4.69) is 12.2 Å². The zero-order valence-corrected chi connectivity index (χ0v) is 15.5. The molecule has 0 radical (unpaired) electrons. The van der Waals surface area contributed by atoms with Crippen molar-refractivity contribution in [2.75, 3.05) is 18.5 Å². The van der Waals surface area contributed by atoms with E-state index in [4.69, 9.17) is 4.74 Å². The summed E-state index contributed by atoms with van der Waals surface area (Å²) in [6, 6.07) is 3.77. The van der Waals surface area contributed by atoms with Crippen molar-refractivity contribution in [3.63, 3.8) is 0 Å². The molecule has 1 aromatic rings. The minimum Gasteiger partial charge on any atom is -0.494 e. The molecule has 0 saturated heterocycles. The van der Waals surface area contributed by atoms with Gasteiger partial charge in [0.15, 0.2) is 0 Å². The van der Waals surface area contributed by atoms with Crippen LogP contribution in [0.1, 0.15) is 51.2 Å². The largest absolute Gasteiger partial charge is 0.494 e. The Labute approximate surface area is 145 Å². The number of hydrogen-bond acceptors (Lipinski definition) is 4. The maximum absolute atomic E-state index is 12.2. The number of ether oxygens (including phenoxy) is 1. The first kappa shape index (κ1) is 20.5. The molecule has 1 unspecified atom stereocenters. The molecule has 1 amide bonds. The second-order valence-corrected chi connectivity index (χ2v) is 7.03. The Balaban J connectivity index is 2.81. The lowest BCUT2D eigenvalue weighted by Crippen LogP contribution is -2.42. The van der Waals surface area contributed by atoms with Gasteiger partial charge in [-0.25, -0.2) is 0 Å². The number of benzene rings is 1. The van der Waals surface area contributed by atoms with Crippen LogP contribution in [0, 0.1) is 19.3 Å². The third-order valence-electron chi connectivity index (χ3n) is 4.17. The van der Waals surface area contributed by atoms with Gasteiger partial charge in [0, 0.05) is 11.1 Å². The van der Waals surface area contributed by atoms with Crippen LogP contribution in [0.5, 0.6) is 5.75 Å². The van der Waals surface area contributed by atoms with E-state index < -0.39 is 17.4 Å². The van der Waals surface area contributed by atoms with Crippen molar-refractivity contribution >= 4 is 11.6 Å². The van der Waals surface area contributed by atoms with Crippen LogP contribution in [0.15, 0.2) is 12.1 Å². The van der Waals surface area contributed by atoms with Crippen LogP contribution in [0.4, 0.5) is 5.69 Å². The van der Waals surface area contributed by atoms with Crippen LogP contribution >= 0.6 is 0 Å². The highest BCUT2D eigenvalue weighted by molar-refractivity contribution is 5.96. The smallest absolute Gasteiger partial charge is 0.253 e. The standard InChI is InChI=1S/C19H31NO4/c1-6-7-8-9-24-15-10-13(2)16(14(3)11-15)20-18(23)17(22)19(4,5)12-21/h10-11,17,21-22H,6-9,12H2,1-5H3,(H,20,23). The van der Waals surface area contributed by atoms with Gasteiger partial charge < -0.3 is 20.3 Å². The van der Waals surface area contributed by atoms with Crippen molar-refractivity contribution in [1.82, 2.24) is 0 Å². The van der Waals surface area contributed by atoms with Gasteiger partial charge in [-0.2, -0.15) is 0 Å². The molecule has 1 aromatic carbocycles. The van der Waals surface area contributed by atoms with Gasteiger partial charge in [0.1, 0.15) is 11.9 Å². The fraction of sp³-hybridized carbons (Fsp3) is 0.632. The minimum absolute atomic E-state index is 0.274. The quantitative estimate of drug-likeness (QED) is 0.605. The number of hydrogen-bond donors (Lipinski definition) is 3. The molecule has 0 saturated carbocycles. The Morgan fingerprint density at radius 3 is 2.33 bits per heavy atom. The molecule has 0 spiro atoms. The summed E-state index contributed by atoms with van der Waals surface area (Å²) in [7, 11) is 0. The van der Waals surface area contributed by atoms with Gasteiger partial charge in [0.2, 0.25) is 0 Å². The molecule has 1 rings (SSSR count). The van der Waals surface area contributed by atoms with Crippen LogP contribution in [0.3, 0.4) is 0 Å². The molecular formula is C19H31NO4. The Morgan fingerprint density at radius 2 is 1.83 bits per heavy atom. The van der Waals surface area contributed by atoms with Gasteiger partial charge >= 0.3 is 0 Å². The number of aliphatic hydroxyl groups is 2. The van der Waals surface area contributed by atoms with Crippen molar-refractivity contribution in [3.05, 3.63) is 23.3 Å². The van der Waals surface area contributed by atoms with Gasteiger partial charge in [-0.15, -0.1) is 0 Å². The summed E-state index contributed by atoms with van der Waals surface area (Å²) in [4.78, 5) is 12.2. The van der Waals surface area contributed by atoms with Crippen LogP contribution in [-0.4, -0.2) is 35.4 Å². The van der Waals surface area contributed by atoms with Crippen molar-refractivity contribution in [2.45, 2.75) is 60.0 Å². The summed E-state index contributed by atoms with van der Waals surface area (Å²) in [5.41, 5.74) is 1.54. The summed E-state index contributed by atoms with van der Waals surface area (Å²) in [6.45, 7) is 9.63. The van der Waals surface area contributed by atoms with E-state index in [1.807, 2.05) is 26.0 Å². The number of aliphatic hydroxyl groups excluding tert-OH is 2. The Morgan fingerprint density at radius 1 is 1.25 bits per heavy atom. The second-order valence-electron chi connectivity index (χ2n) is 7.03. The van der Waals surface area contributed by atoms with Crippen LogP contribution in [0.25, 0.3) is 0 Å². The van der Waals surface area contributed by atoms with E-state index in [0.717, 1.165) is 36.1 Å². The molecule has 3 N–H and O–H groups in total. The predicted octanol–water partition coefficient (Wildman–Crippen LogP) is 3.19. The lowest BCUT2D eigenvalue weighted by atomic mass is 9.87. The van der Waals surface area contributed by atoms with E-state index >= 15 is 0 Å². The molecule has 0 aliphatic rings. The molecule has 0 aromatic heterocycles. The number of aryl methyl sites for hydroxylation is 2. The summed E-state index contributed by atoms with van der Waals surface area (Å²) < 4.78 is 5.75. The third kappa shape index (κ3) is 5.49. The first-order chi connectivity index (χ1) is 11.2. The molecule has 0 aliphatic heterocycles. The van der Waals surface area contributed by atoms with E-state index in [1.165, 1.54) is 0 Å². The van der Waals surface area contributed by atoms with Crippen LogP contribution < -0.4 is 10.1 Å². The minimum atomic E-state index is -1.29. The van der Waals surface area contributed by atoms with E-state index in [0.29, 0.717) is 12.3 Å². The molecule has 136 valence electrons. The number of nitrogens with one attached hydrogen (secondary N) is 1. The summed E-state index contributed by atoms with van der Waals surface area (Å²) in [5.74, 6) is 0.271. The highest BCUT2D eigenvalue weighted by atomic mass is 16.5. The van der Waals surface area contributed by atoms with Gasteiger partial charge in [-0.1, -0.05) is 33.6 Å². The lowest BCUT2D eigenvalue weighted by molar-refractivity contribution is -0.131. The number of carbonyl (C=O) groups is 1. The average molecular weight is 337 g/mol. The fourth-order valence-corrected chi connectivity index (χ4v) is 2.38. The summed E-state index contributed by atoms with van der Waals surface area (Å²) >= 11 is 0. The second kappa shape index (κ2) is 9.04. The number of anilines is 1. The Hall–Kier alpha value is -1.59. The van der Waals surface area contributed by atoms with Gasteiger partial charge in [-0.05, 0) is 43.5 Å². The number of carbonyl (C=O) groups excluding carboxylic acids is 1. The predicted molar refractivity (Wildman–Crippen MR) is 96.4 cm³/mol. The first-order valence-corrected chi connectivity index (χ1v) is 8.56. The zero-order valence-electron chi connectivity index (χ0n) is 15.5.